The molecule has 0 aromatic carbocycles. The first-order valence-corrected chi connectivity index (χ1v) is 11.1. The summed E-state index contributed by atoms with van der Waals surface area (Å²) < 4.78 is 19.6. The molecular weight excluding hydrogens is 308 g/mol. The van der Waals surface area contributed by atoms with Gasteiger partial charge in [0.1, 0.15) is 0 Å². The molecule has 3 N–H and O–H groups in total. The van der Waals surface area contributed by atoms with Gasteiger partial charge >= 0.3 is 8.80 Å². The Morgan fingerprint density at radius 3 is 2.48 bits per heavy atom. The monoisotopic (exact) mass is 344 g/mol. The van der Waals surface area contributed by atoms with E-state index in [9.17, 15) is 0 Å². The minimum absolute atomic E-state index is 0.184. The predicted molar refractivity (Wildman–Crippen MR) is 95.2 cm³/mol. The molecule has 0 amide bonds. The number of fused-ring (bicyclic) bond motifs is 2. The summed E-state index contributed by atoms with van der Waals surface area (Å²) >= 11 is 0. The van der Waals surface area contributed by atoms with E-state index in [1.165, 1.54) is 0 Å². The number of nitrogens with two attached hydrogens (primary N) is 1. The molecule has 0 aromatic heterocycles. The lowest BCUT2D eigenvalue weighted by Crippen LogP contribution is -2.70. The molecule has 2 rings (SSSR count). The largest absolute Gasteiger partial charge is 0.501 e. The van der Waals surface area contributed by atoms with Gasteiger partial charge in [0.25, 0.3) is 0 Å². The van der Waals surface area contributed by atoms with Crippen molar-refractivity contribution in [2.24, 2.45) is 23.5 Å². The summed E-state index contributed by atoms with van der Waals surface area (Å²) in [5.41, 5.74) is 5.34. The van der Waals surface area contributed by atoms with Gasteiger partial charge in [-0.1, -0.05) is 27.7 Å². The lowest BCUT2D eigenvalue weighted by atomic mass is 9.78. The van der Waals surface area contributed by atoms with Crippen LogP contribution < -0.4 is 11.1 Å². The molecule has 0 saturated carbocycles. The summed E-state index contributed by atoms with van der Waals surface area (Å²) in [6.07, 6.45) is 1.47. The highest BCUT2D eigenvalue weighted by atomic mass is 28.4. The third-order valence-electron chi connectivity index (χ3n) is 5.49. The molecule has 2 aliphatic rings. The molecule has 136 valence electrons. The van der Waals surface area contributed by atoms with Gasteiger partial charge in [0.05, 0.1) is 17.8 Å². The molecule has 5 nitrogen and oxygen atoms in total. The highest BCUT2D eigenvalue weighted by molar-refractivity contribution is 6.61. The van der Waals surface area contributed by atoms with Crippen LogP contribution in [0.1, 0.15) is 48.0 Å². The van der Waals surface area contributed by atoms with Crippen molar-refractivity contribution in [3.05, 3.63) is 0 Å². The maximum Gasteiger partial charge on any atom is 0.501 e. The highest BCUT2D eigenvalue weighted by Crippen LogP contribution is 2.47. The average molecular weight is 345 g/mol. The van der Waals surface area contributed by atoms with Crippen molar-refractivity contribution in [1.82, 2.24) is 5.32 Å². The molecule has 2 heterocycles. The van der Waals surface area contributed by atoms with E-state index in [1.807, 2.05) is 0 Å². The Labute approximate surface area is 143 Å². The number of hydrogen-bond acceptors (Lipinski definition) is 5. The number of rotatable bonds is 7. The third kappa shape index (κ3) is 4.17. The van der Waals surface area contributed by atoms with Crippen molar-refractivity contribution >= 4 is 8.80 Å². The Hall–Kier alpha value is 0.0169. The smallest absolute Gasteiger partial charge is 0.370 e. The van der Waals surface area contributed by atoms with Gasteiger partial charge in [-0.05, 0) is 32.7 Å². The zero-order valence-electron chi connectivity index (χ0n) is 15.7. The SMILES string of the molecule is CC(C)[C@H]1O[Si]2(CCCNCCN)O[C@H]([C@@H]1C)[C@@H](C)C(C)(C)O2. The molecule has 5 atom stereocenters. The molecule has 0 aromatic rings. The first-order valence-electron chi connectivity index (χ1n) is 9.19. The predicted octanol–water partition coefficient (Wildman–Crippen LogP) is 2.38. The molecule has 2 aliphatic heterocycles. The second-order valence-electron chi connectivity index (χ2n) is 8.09. The second kappa shape index (κ2) is 7.50. The van der Waals surface area contributed by atoms with E-state index in [4.69, 9.17) is 19.0 Å². The molecule has 0 radical (unpaired) electrons. The van der Waals surface area contributed by atoms with Crippen molar-refractivity contribution < 1.29 is 13.3 Å². The van der Waals surface area contributed by atoms with Gasteiger partial charge < -0.3 is 24.3 Å². The van der Waals surface area contributed by atoms with Gasteiger partial charge in [-0.15, -0.1) is 0 Å². The van der Waals surface area contributed by atoms with Gasteiger partial charge in [0, 0.05) is 31.0 Å². The van der Waals surface area contributed by atoms with E-state index in [2.05, 4.69) is 46.9 Å². The standard InChI is InChI=1S/C17H36N2O3Si/c1-12(2)15-13(3)16-14(4)17(5,6)22-23(20-15,21-16)11-7-9-19-10-8-18/h12-16,19H,7-11,18H2,1-6H3/t13-,14-,15-,16-,23?/m1/s1. The lowest BCUT2D eigenvalue weighted by molar-refractivity contribution is -0.206. The van der Waals surface area contributed by atoms with Crippen molar-refractivity contribution in [3.63, 3.8) is 0 Å². The van der Waals surface area contributed by atoms with Gasteiger partial charge in [-0.25, -0.2) is 0 Å². The van der Waals surface area contributed by atoms with Crippen LogP contribution in [-0.2, 0) is 13.3 Å². The van der Waals surface area contributed by atoms with E-state index < -0.39 is 8.80 Å². The van der Waals surface area contributed by atoms with Crippen LogP contribution >= 0.6 is 0 Å². The third-order valence-corrected chi connectivity index (χ3v) is 8.56. The van der Waals surface area contributed by atoms with E-state index in [-0.39, 0.29) is 17.8 Å². The molecule has 6 heteroatoms. The van der Waals surface area contributed by atoms with Crippen molar-refractivity contribution in [2.75, 3.05) is 19.6 Å². The fraction of sp³-hybridized carbons (Fsp3) is 1.00. The summed E-state index contributed by atoms with van der Waals surface area (Å²) in [5, 5.41) is 3.35. The Kier molecular flexibility index (Phi) is 6.30. The maximum absolute atomic E-state index is 6.55. The molecular formula is C17H36N2O3Si. The van der Waals surface area contributed by atoms with Crippen LogP contribution in [0.5, 0.6) is 0 Å². The highest BCUT2D eigenvalue weighted by Gasteiger charge is 2.61. The Bertz CT molecular complexity index is 394. The quantitative estimate of drug-likeness (QED) is 0.548. The molecule has 0 spiro atoms. The van der Waals surface area contributed by atoms with E-state index in [0.29, 0.717) is 24.3 Å². The van der Waals surface area contributed by atoms with E-state index in [1.54, 1.807) is 0 Å². The molecule has 2 fully saturated rings. The van der Waals surface area contributed by atoms with Crippen LogP contribution in [0.4, 0.5) is 0 Å². The first-order chi connectivity index (χ1) is 10.7. The molecule has 23 heavy (non-hydrogen) atoms. The molecule has 0 aliphatic carbocycles. The van der Waals surface area contributed by atoms with Crippen LogP contribution in [0.2, 0.25) is 6.04 Å². The van der Waals surface area contributed by atoms with E-state index >= 15 is 0 Å². The van der Waals surface area contributed by atoms with Crippen molar-refractivity contribution in [2.45, 2.75) is 71.8 Å². The van der Waals surface area contributed by atoms with Crippen LogP contribution in [0.15, 0.2) is 0 Å². The Morgan fingerprint density at radius 2 is 1.87 bits per heavy atom. The van der Waals surface area contributed by atoms with Crippen LogP contribution in [0.3, 0.4) is 0 Å². The Balaban J connectivity index is 2.11. The summed E-state index contributed by atoms with van der Waals surface area (Å²) in [6, 6.07) is 0.882. The van der Waals surface area contributed by atoms with E-state index in [0.717, 1.165) is 25.6 Å². The Morgan fingerprint density at radius 1 is 1.17 bits per heavy atom. The minimum Gasteiger partial charge on any atom is -0.370 e. The summed E-state index contributed by atoms with van der Waals surface area (Å²) in [6.45, 7) is 15.8. The van der Waals surface area contributed by atoms with Crippen molar-refractivity contribution in [1.29, 1.82) is 0 Å². The normalized spacial score (nSPS) is 39.7. The van der Waals surface area contributed by atoms with Crippen LogP contribution in [0, 0.1) is 17.8 Å². The summed E-state index contributed by atoms with van der Waals surface area (Å²) in [4.78, 5) is 0. The average Bonchev–Trinajstić information content (AvgIpc) is 2.47. The fourth-order valence-electron chi connectivity index (χ4n) is 3.91. The van der Waals surface area contributed by atoms with Crippen molar-refractivity contribution in [3.8, 4) is 0 Å². The van der Waals surface area contributed by atoms with Gasteiger partial charge in [-0.3, -0.25) is 0 Å². The topological polar surface area (TPSA) is 65.7 Å². The molecule has 2 bridgehead atoms. The first kappa shape index (κ1) is 19.3. The minimum atomic E-state index is -2.61. The summed E-state index contributed by atoms with van der Waals surface area (Å²) in [5.74, 6) is 1.26. The fourth-order valence-corrected chi connectivity index (χ4v) is 7.73. The van der Waals surface area contributed by atoms with Gasteiger partial charge in [0.15, 0.2) is 0 Å². The van der Waals surface area contributed by atoms with Gasteiger partial charge in [-0.2, -0.15) is 0 Å². The number of nitrogens with one attached hydrogen (secondary N) is 1. The zero-order valence-corrected chi connectivity index (χ0v) is 16.7. The van der Waals surface area contributed by atoms with Crippen LogP contribution in [0.25, 0.3) is 0 Å². The van der Waals surface area contributed by atoms with Crippen LogP contribution in [-0.4, -0.2) is 46.2 Å². The lowest BCUT2D eigenvalue weighted by Gasteiger charge is -2.57. The maximum atomic E-state index is 6.55. The summed E-state index contributed by atoms with van der Waals surface area (Å²) in [7, 11) is -2.61. The second-order valence-corrected chi connectivity index (χ2v) is 10.6. The van der Waals surface area contributed by atoms with Gasteiger partial charge in [0.2, 0.25) is 0 Å². The molecule has 2 saturated heterocycles. The molecule has 1 unspecified atom stereocenters. The zero-order chi connectivity index (χ0) is 17.3. The number of hydrogen-bond donors (Lipinski definition) is 2.